The summed E-state index contributed by atoms with van der Waals surface area (Å²) in [6.45, 7) is 0. The maximum absolute atomic E-state index is 12.5. The lowest BCUT2D eigenvalue weighted by atomic mass is 9.92. The van der Waals surface area contributed by atoms with E-state index in [1.807, 2.05) is 6.07 Å². The van der Waals surface area contributed by atoms with Crippen LogP contribution in [-0.2, 0) is 17.6 Å². The summed E-state index contributed by atoms with van der Waals surface area (Å²) < 4.78 is 0. The zero-order valence-corrected chi connectivity index (χ0v) is 11.5. The van der Waals surface area contributed by atoms with E-state index in [2.05, 4.69) is 35.7 Å². The number of aryl methyl sites for hydroxylation is 1. The Kier molecular flexibility index (Phi) is 2.59. The third-order valence-electron chi connectivity index (χ3n) is 4.63. The van der Waals surface area contributed by atoms with Crippen molar-refractivity contribution in [2.45, 2.75) is 25.2 Å². The van der Waals surface area contributed by atoms with Crippen LogP contribution in [-0.4, -0.2) is 5.78 Å². The molecule has 19 heavy (non-hydrogen) atoms. The maximum Gasteiger partial charge on any atom is 0.142 e. The normalized spacial score (nSPS) is 27.5. The summed E-state index contributed by atoms with van der Waals surface area (Å²) in [6.07, 6.45) is 2.99. The molecule has 96 valence electrons. The minimum Gasteiger partial charge on any atom is -0.299 e. The smallest absolute Gasteiger partial charge is 0.142 e. The van der Waals surface area contributed by atoms with Crippen LogP contribution in [0.5, 0.6) is 0 Å². The van der Waals surface area contributed by atoms with Crippen molar-refractivity contribution in [2.24, 2.45) is 11.8 Å². The number of rotatable bonds is 3. The molecular weight excluding hydrogens is 252 g/mol. The Morgan fingerprint density at radius 2 is 2.11 bits per heavy atom. The molecule has 1 heterocycles. The molecule has 3 atom stereocenters. The lowest BCUT2D eigenvalue weighted by Crippen LogP contribution is -2.06. The predicted molar refractivity (Wildman–Crippen MR) is 77.5 cm³/mol. The molecule has 0 aliphatic heterocycles. The molecule has 0 amide bonds. The number of carbonyl (C=O) groups excluding carboxylic acids is 1. The van der Waals surface area contributed by atoms with E-state index in [1.54, 1.807) is 11.3 Å². The van der Waals surface area contributed by atoms with Crippen LogP contribution in [0.4, 0.5) is 0 Å². The maximum atomic E-state index is 12.5. The predicted octanol–water partition coefficient (Wildman–Crippen LogP) is 3.84. The zero-order valence-electron chi connectivity index (χ0n) is 10.7. The fraction of sp³-hybridized carbons (Fsp3) is 0.353. The van der Waals surface area contributed by atoms with Crippen molar-refractivity contribution in [3.8, 4) is 0 Å². The summed E-state index contributed by atoms with van der Waals surface area (Å²) in [5.41, 5.74) is 2.92. The lowest BCUT2D eigenvalue weighted by Gasteiger charge is -2.13. The van der Waals surface area contributed by atoms with Crippen LogP contribution in [0.1, 0.15) is 28.3 Å². The van der Waals surface area contributed by atoms with Gasteiger partial charge in [-0.15, -0.1) is 11.3 Å². The van der Waals surface area contributed by atoms with Gasteiger partial charge in [0, 0.05) is 17.2 Å². The van der Waals surface area contributed by atoms with Crippen LogP contribution in [0.3, 0.4) is 0 Å². The molecule has 1 nitrogen and oxygen atoms in total. The fourth-order valence-corrected chi connectivity index (χ4v) is 4.42. The second-order valence-electron chi connectivity index (χ2n) is 5.68. The van der Waals surface area contributed by atoms with Gasteiger partial charge in [-0.3, -0.25) is 4.79 Å². The molecular formula is C17H16OS. The van der Waals surface area contributed by atoms with Crippen molar-refractivity contribution in [2.75, 3.05) is 0 Å². The molecule has 2 aliphatic rings. The Bertz CT molecular complexity index is 614. The molecule has 0 saturated heterocycles. The molecule has 0 spiro atoms. The highest BCUT2D eigenvalue weighted by atomic mass is 32.1. The third kappa shape index (κ3) is 1.86. The Labute approximate surface area is 117 Å². The summed E-state index contributed by atoms with van der Waals surface area (Å²) in [7, 11) is 0. The average Bonchev–Trinajstić information content (AvgIpc) is 2.98. The molecule has 2 heteroatoms. The number of thiophene rings is 1. The van der Waals surface area contributed by atoms with E-state index in [-0.39, 0.29) is 0 Å². The fourth-order valence-electron chi connectivity index (χ4n) is 3.71. The average molecular weight is 268 g/mol. The van der Waals surface area contributed by atoms with Gasteiger partial charge in [0.15, 0.2) is 0 Å². The largest absolute Gasteiger partial charge is 0.299 e. The van der Waals surface area contributed by atoms with Gasteiger partial charge in [0.25, 0.3) is 0 Å². The van der Waals surface area contributed by atoms with Crippen LogP contribution in [0, 0.1) is 11.8 Å². The monoisotopic (exact) mass is 268 g/mol. The second kappa shape index (κ2) is 4.31. The summed E-state index contributed by atoms with van der Waals surface area (Å²) in [5.74, 6) is 1.90. The first kappa shape index (κ1) is 11.4. The summed E-state index contributed by atoms with van der Waals surface area (Å²) in [5, 5.41) is 2.05. The van der Waals surface area contributed by atoms with Crippen molar-refractivity contribution in [1.29, 1.82) is 0 Å². The van der Waals surface area contributed by atoms with Crippen molar-refractivity contribution >= 4 is 17.1 Å². The molecule has 0 N–H and O–H groups in total. The minimum atomic E-state index is 0.297. The van der Waals surface area contributed by atoms with E-state index in [0.717, 1.165) is 6.42 Å². The topological polar surface area (TPSA) is 17.1 Å². The van der Waals surface area contributed by atoms with Crippen LogP contribution < -0.4 is 0 Å². The molecule has 2 aromatic rings. The summed E-state index contributed by atoms with van der Waals surface area (Å²) >= 11 is 1.69. The summed E-state index contributed by atoms with van der Waals surface area (Å²) in [6, 6.07) is 12.8. The highest BCUT2D eigenvalue weighted by Crippen LogP contribution is 2.60. The van der Waals surface area contributed by atoms with Crippen LogP contribution >= 0.6 is 11.3 Å². The number of carbonyl (C=O) groups is 1. The quantitative estimate of drug-likeness (QED) is 0.826. The summed E-state index contributed by atoms with van der Waals surface area (Å²) in [4.78, 5) is 13.7. The third-order valence-corrected chi connectivity index (χ3v) is 5.51. The zero-order chi connectivity index (χ0) is 12.8. The highest BCUT2D eigenvalue weighted by molar-refractivity contribution is 7.10. The minimum absolute atomic E-state index is 0.297. The van der Waals surface area contributed by atoms with Gasteiger partial charge in [0.1, 0.15) is 5.78 Å². The standard InChI is InChI=1S/C17H16OS/c18-15(10-12-5-3-9-19-12)17-14-8-7-11-4-1-2-6-13(11)16(14)17/h1-6,9,14,16-17H,7-8,10H2. The molecule has 3 unspecified atom stereocenters. The number of ketones is 1. The Balaban J connectivity index is 1.55. The van der Waals surface area contributed by atoms with E-state index in [9.17, 15) is 4.79 Å². The van der Waals surface area contributed by atoms with Gasteiger partial charge in [0.05, 0.1) is 0 Å². The second-order valence-corrected chi connectivity index (χ2v) is 6.71. The number of benzene rings is 1. The van der Waals surface area contributed by atoms with Gasteiger partial charge in [0.2, 0.25) is 0 Å². The Morgan fingerprint density at radius 3 is 2.95 bits per heavy atom. The van der Waals surface area contributed by atoms with Gasteiger partial charge < -0.3 is 0 Å². The first-order valence-corrected chi connectivity index (χ1v) is 7.85. The van der Waals surface area contributed by atoms with E-state index in [4.69, 9.17) is 0 Å². The van der Waals surface area contributed by atoms with Crippen molar-refractivity contribution in [1.82, 2.24) is 0 Å². The molecule has 4 rings (SSSR count). The van der Waals surface area contributed by atoms with E-state index in [1.165, 1.54) is 22.4 Å². The van der Waals surface area contributed by atoms with Gasteiger partial charge in [-0.25, -0.2) is 0 Å². The first-order valence-electron chi connectivity index (χ1n) is 6.97. The van der Waals surface area contributed by atoms with Gasteiger partial charge in [-0.05, 0) is 47.3 Å². The number of fused-ring (bicyclic) bond motifs is 3. The SMILES string of the molecule is O=C(Cc1cccs1)C1C2CCc3ccccc3C21. The Hall–Kier alpha value is -1.41. The lowest BCUT2D eigenvalue weighted by molar-refractivity contribution is -0.119. The van der Waals surface area contributed by atoms with Crippen molar-refractivity contribution in [3.05, 3.63) is 57.8 Å². The highest BCUT2D eigenvalue weighted by Gasteiger charge is 2.56. The van der Waals surface area contributed by atoms with Gasteiger partial charge in [-0.2, -0.15) is 0 Å². The van der Waals surface area contributed by atoms with Crippen molar-refractivity contribution < 1.29 is 4.79 Å². The molecule has 0 radical (unpaired) electrons. The van der Waals surface area contributed by atoms with Crippen LogP contribution in [0.15, 0.2) is 41.8 Å². The number of hydrogen-bond donors (Lipinski definition) is 0. The molecule has 1 saturated carbocycles. The Morgan fingerprint density at radius 1 is 1.21 bits per heavy atom. The first-order chi connectivity index (χ1) is 9.34. The molecule has 2 aliphatic carbocycles. The van der Waals surface area contributed by atoms with Crippen molar-refractivity contribution in [3.63, 3.8) is 0 Å². The van der Waals surface area contributed by atoms with E-state index >= 15 is 0 Å². The molecule has 1 aromatic carbocycles. The number of Topliss-reactive ketones (excluding diaryl/α,β-unsaturated/α-hetero) is 1. The van der Waals surface area contributed by atoms with E-state index in [0.29, 0.717) is 30.0 Å². The van der Waals surface area contributed by atoms with E-state index < -0.39 is 0 Å². The van der Waals surface area contributed by atoms with Crippen LogP contribution in [0.2, 0.25) is 0 Å². The molecule has 1 fully saturated rings. The number of hydrogen-bond acceptors (Lipinski definition) is 2. The van der Waals surface area contributed by atoms with Crippen LogP contribution in [0.25, 0.3) is 0 Å². The molecule has 0 bridgehead atoms. The van der Waals surface area contributed by atoms with Gasteiger partial charge >= 0.3 is 0 Å². The van der Waals surface area contributed by atoms with Gasteiger partial charge in [-0.1, -0.05) is 30.3 Å². The molecule has 1 aromatic heterocycles.